The standard InChI is InChI=1S/C11H14OS/c12-9-4-3-8(9)11-6-5-10(13-11)7-1-2-7/h5-9,12H,1-4H2. The van der Waals surface area contributed by atoms with E-state index >= 15 is 0 Å². The molecule has 2 atom stereocenters. The van der Waals surface area contributed by atoms with Gasteiger partial charge < -0.3 is 5.11 Å². The minimum atomic E-state index is -0.0503. The normalized spacial score (nSPS) is 33.0. The summed E-state index contributed by atoms with van der Waals surface area (Å²) in [6.07, 6.45) is 4.90. The molecule has 2 fully saturated rings. The Labute approximate surface area is 82.4 Å². The fourth-order valence-electron chi connectivity index (χ4n) is 1.97. The van der Waals surface area contributed by atoms with Gasteiger partial charge >= 0.3 is 0 Å². The quantitative estimate of drug-likeness (QED) is 0.767. The molecular weight excluding hydrogens is 180 g/mol. The molecule has 13 heavy (non-hydrogen) atoms. The Bertz CT molecular complexity index is 314. The van der Waals surface area contributed by atoms with Gasteiger partial charge in [0.1, 0.15) is 0 Å². The van der Waals surface area contributed by atoms with Crippen LogP contribution in [-0.4, -0.2) is 11.2 Å². The Hall–Kier alpha value is -0.340. The summed E-state index contributed by atoms with van der Waals surface area (Å²) >= 11 is 1.93. The van der Waals surface area contributed by atoms with Crippen LogP contribution in [0, 0.1) is 0 Å². The Morgan fingerprint density at radius 1 is 1.08 bits per heavy atom. The topological polar surface area (TPSA) is 20.2 Å². The van der Waals surface area contributed by atoms with Gasteiger partial charge in [-0.3, -0.25) is 0 Å². The first-order valence-corrected chi connectivity index (χ1v) is 5.94. The van der Waals surface area contributed by atoms with E-state index in [0.717, 1.165) is 12.3 Å². The first kappa shape index (κ1) is 8.01. The van der Waals surface area contributed by atoms with Gasteiger partial charge in [-0.1, -0.05) is 0 Å². The molecule has 0 bridgehead atoms. The van der Waals surface area contributed by atoms with E-state index in [1.165, 1.54) is 24.1 Å². The maximum absolute atomic E-state index is 9.53. The third kappa shape index (κ3) is 1.32. The van der Waals surface area contributed by atoms with Crippen LogP contribution in [0.15, 0.2) is 12.1 Å². The molecule has 0 aliphatic heterocycles. The second-order valence-corrected chi connectivity index (χ2v) is 5.41. The smallest absolute Gasteiger partial charge is 0.0616 e. The van der Waals surface area contributed by atoms with Crippen molar-refractivity contribution in [2.45, 2.75) is 43.6 Å². The highest BCUT2D eigenvalue weighted by atomic mass is 32.1. The molecule has 2 saturated carbocycles. The lowest BCUT2D eigenvalue weighted by Crippen LogP contribution is -2.27. The van der Waals surface area contributed by atoms with Crippen molar-refractivity contribution in [2.24, 2.45) is 0 Å². The van der Waals surface area contributed by atoms with Crippen molar-refractivity contribution >= 4 is 11.3 Å². The molecule has 0 radical (unpaired) electrons. The number of hydrogen-bond donors (Lipinski definition) is 1. The van der Waals surface area contributed by atoms with Crippen molar-refractivity contribution in [1.82, 2.24) is 0 Å². The summed E-state index contributed by atoms with van der Waals surface area (Å²) in [6, 6.07) is 4.49. The maximum Gasteiger partial charge on any atom is 0.0616 e. The zero-order valence-corrected chi connectivity index (χ0v) is 8.39. The fraction of sp³-hybridized carbons (Fsp3) is 0.636. The van der Waals surface area contributed by atoms with Crippen molar-refractivity contribution in [3.05, 3.63) is 21.9 Å². The summed E-state index contributed by atoms with van der Waals surface area (Å²) in [5.41, 5.74) is 0. The van der Waals surface area contributed by atoms with Gasteiger partial charge in [-0.15, -0.1) is 11.3 Å². The molecule has 0 saturated heterocycles. The van der Waals surface area contributed by atoms with Gasteiger partial charge in [-0.25, -0.2) is 0 Å². The summed E-state index contributed by atoms with van der Waals surface area (Å²) < 4.78 is 0. The number of aliphatic hydroxyl groups is 1. The molecule has 0 aromatic carbocycles. The number of aliphatic hydroxyl groups excluding tert-OH is 1. The predicted octanol–water partition coefficient (Wildman–Crippen LogP) is 2.86. The third-order valence-electron chi connectivity index (χ3n) is 3.23. The summed E-state index contributed by atoms with van der Waals surface area (Å²) in [6.45, 7) is 0. The number of thiophene rings is 1. The monoisotopic (exact) mass is 194 g/mol. The van der Waals surface area contributed by atoms with Gasteiger partial charge in [0.05, 0.1) is 6.10 Å². The minimum Gasteiger partial charge on any atom is -0.392 e. The van der Waals surface area contributed by atoms with Crippen LogP contribution in [0.4, 0.5) is 0 Å². The van der Waals surface area contributed by atoms with Gasteiger partial charge in [0.2, 0.25) is 0 Å². The van der Waals surface area contributed by atoms with Crippen molar-refractivity contribution in [3.8, 4) is 0 Å². The second kappa shape index (κ2) is 2.82. The lowest BCUT2D eigenvalue weighted by Gasteiger charge is -2.31. The Morgan fingerprint density at radius 2 is 1.85 bits per heavy atom. The second-order valence-electron chi connectivity index (χ2n) is 4.27. The van der Waals surface area contributed by atoms with E-state index < -0.39 is 0 Å². The van der Waals surface area contributed by atoms with Crippen LogP contribution in [0.5, 0.6) is 0 Å². The molecule has 70 valence electrons. The SMILES string of the molecule is OC1CCC1c1ccc(C2CC2)s1. The lowest BCUT2D eigenvalue weighted by molar-refractivity contribution is 0.0677. The van der Waals surface area contributed by atoms with Crippen LogP contribution in [-0.2, 0) is 0 Å². The summed E-state index contributed by atoms with van der Waals surface area (Å²) in [7, 11) is 0. The Kier molecular flexibility index (Phi) is 1.74. The third-order valence-corrected chi connectivity index (χ3v) is 4.61. The molecule has 1 aromatic rings. The Balaban J connectivity index is 1.80. The lowest BCUT2D eigenvalue weighted by atomic mass is 9.81. The van der Waals surface area contributed by atoms with Gasteiger partial charge in [0.15, 0.2) is 0 Å². The predicted molar refractivity (Wildman–Crippen MR) is 54.3 cm³/mol. The molecule has 1 N–H and O–H groups in total. The summed E-state index contributed by atoms with van der Waals surface area (Å²) in [4.78, 5) is 2.97. The Morgan fingerprint density at radius 3 is 2.38 bits per heavy atom. The zero-order chi connectivity index (χ0) is 8.84. The average Bonchev–Trinajstić information content (AvgIpc) is 2.86. The fourth-order valence-corrected chi connectivity index (χ4v) is 3.34. The molecule has 1 nitrogen and oxygen atoms in total. The molecule has 3 rings (SSSR count). The minimum absolute atomic E-state index is 0.0503. The summed E-state index contributed by atoms with van der Waals surface area (Å²) in [5, 5.41) is 9.53. The van der Waals surface area contributed by atoms with E-state index in [2.05, 4.69) is 12.1 Å². The van der Waals surface area contributed by atoms with Crippen LogP contribution >= 0.6 is 11.3 Å². The number of rotatable bonds is 2. The zero-order valence-electron chi connectivity index (χ0n) is 7.57. The van der Waals surface area contributed by atoms with E-state index in [4.69, 9.17) is 0 Å². The first-order chi connectivity index (χ1) is 6.34. The molecule has 2 aliphatic rings. The highest BCUT2D eigenvalue weighted by Gasteiger charge is 2.33. The molecule has 1 aromatic heterocycles. The van der Waals surface area contributed by atoms with E-state index in [0.29, 0.717) is 5.92 Å². The van der Waals surface area contributed by atoms with Gasteiger partial charge in [0, 0.05) is 15.7 Å². The van der Waals surface area contributed by atoms with E-state index in [9.17, 15) is 5.11 Å². The van der Waals surface area contributed by atoms with Crippen LogP contribution in [0.3, 0.4) is 0 Å². The maximum atomic E-state index is 9.53. The average molecular weight is 194 g/mol. The van der Waals surface area contributed by atoms with Gasteiger partial charge in [-0.05, 0) is 43.7 Å². The molecular formula is C11H14OS. The highest BCUT2D eigenvalue weighted by molar-refractivity contribution is 7.12. The van der Waals surface area contributed by atoms with Crippen molar-refractivity contribution in [1.29, 1.82) is 0 Å². The molecule has 2 aliphatic carbocycles. The highest BCUT2D eigenvalue weighted by Crippen LogP contribution is 2.47. The molecule has 0 amide bonds. The van der Waals surface area contributed by atoms with E-state index in [1.54, 1.807) is 4.88 Å². The van der Waals surface area contributed by atoms with E-state index in [1.807, 2.05) is 11.3 Å². The van der Waals surface area contributed by atoms with Gasteiger partial charge in [0.25, 0.3) is 0 Å². The van der Waals surface area contributed by atoms with Crippen molar-refractivity contribution in [2.75, 3.05) is 0 Å². The van der Waals surface area contributed by atoms with Crippen LogP contribution in [0.2, 0.25) is 0 Å². The molecule has 2 heteroatoms. The first-order valence-electron chi connectivity index (χ1n) is 5.12. The van der Waals surface area contributed by atoms with Crippen LogP contribution in [0.25, 0.3) is 0 Å². The van der Waals surface area contributed by atoms with Gasteiger partial charge in [-0.2, -0.15) is 0 Å². The molecule has 0 spiro atoms. The van der Waals surface area contributed by atoms with Crippen molar-refractivity contribution in [3.63, 3.8) is 0 Å². The van der Waals surface area contributed by atoms with Crippen LogP contribution < -0.4 is 0 Å². The largest absolute Gasteiger partial charge is 0.392 e. The summed E-state index contributed by atoms with van der Waals surface area (Å²) in [5.74, 6) is 1.34. The van der Waals surface area contributed by atoms with E-state index in [-0.39, 0.29) is 6.10 Å². The number of hydrogen-bond acceptors (Lipinski definition) is 2. The van der Waals surface area contributed by atoms with Crippen molar-refractivity contribution < 1.29 is 5.11 Å². The molecule has 2 unspecified atom stereocenters. The molecule has 1 heterocycles. The van der Waals surface area contributed by atoms with Crippen LogP contribution in [0.1, 0.15) is 47.3 Å².